The van der Waals surface area contributed by atoms with Gasteiger partial charge in [-0.1, -0.05) is 0 Å². The van der Waals surface area contributed by atoms with E-state index < -0.39 is 18.4 Å². The average molecular weight is 266 g/mol. The fourth-order valence-corrected chi connectivity index (χ4v) is 2.24. The molecular formula is C10H14N6O3. The first-order valence-corrected chi connectivity index (χ1v) is 5.80. The van der Waals surface area contributed by atoms with Crippen molar-refractivity contribution in [2.45, 2.75) is 24.9 Å². The summed E-state index contributed by atoms with van der Waals surface area (Å²) in [5, 5.41) is 19.0. The minimum atomic E-state index is -0.757. The molecule has 0 amide bonds. The van der Waals surface area contributed by atoms with Gasteiger partial charge in [-0.3, -0.25) is 4.57 Å². The second-order valence-corrected chi connectivity index (χ2v) is 4.43. The van der Waals surface area contributed by atoms with Gasteiger partial charge >= 0.3 is 0 Å². The molecule has 0 radical (unpaired) electrons. The number of aromatic nitrogens is 4. The number of fused-ring (bicyclic) bond motifs is 1. The second kappa shape index (κ2) is 4.30. The monoisotopic (exact) mass is 266 g/mol. The highest BCUT2D eigenvalue weighted by Crippen LogP contribution is 2.31. The van der Waals surface area contributed by atoms with Crippen LogP contribution in [0.2, 0.25) is 0 Å². The molecule has 0 bridgehead atoms. The van der Waals surface area contributed by atoms with Gasteiger partial charge in [-0.2, -0.15) is 9.97 Å². The van der Waals surface area contributed by atoms with Crippen LogP contribution >= 0.6 is 0 Å². The normalized spacial score (nSPS) is 27.2. The van der Waals surface area contributed by atoms with E-state index in [-0.39, 0.29) is 18.4 Å². The van der Waals surface area contributed by atoms with E-state index in [2.05, 4.69) is 15.0 Å². The van der Waals surface area contributed by atoms with Gasteiger partial charge < -0.3 is 26.4 Å². The fourth-order valence-electron chi connectivity index (χ4n) is 2.24. The smallest absolute Gasteiger partial charge is 0.224 e. The third-order valence-corrected chi connectivity index (χ3v) is 3.11. The molecule has 2 aromatic heterocycles. The number of hydrogen-bond acceptors (Lipinski definition) is 8. The molecule has 3 atom stereocenters. The first-order chi connectivity index (χ1) is 9.10. The van der Waals surface area contributed by atoms with Crippen molar-refractivity contribution >= 4 is 22.9 Å². The standard InChI is InChI=1S/C10H14N6O3/c11-7-6-8(15-10(12)14-7)16(3-13-6)9-5(18)1-4(2-17)19-9/h3-5,9,17-18H,1-2H2,(H4,11,12,14,15)/t4-,5+,9+/m0/s1. The highest BCUT2D eigenvalue weighted by Gasteiger charge is 2.36. The van der Waals surface area contributed by atoms with Crippen molar-refractivity contribution in [1.82, 2.24) is 19.5 Å². The number of nitrogen functional groups attached to an aromatic ring is 2. The lowest BCUT2D eigenvalue weighted by Gasteiger charge is -2.16. The molecule has 9 heteroatoms. The van der Waals surface area contributed by atoms with Gasteiger partial charge in [0.25, 0.3) is 0 Å². The molecule has 102 valence electrons. The van der Waals surface area contributed by atoms with Crippen LogP contribution in [0.5, 0.6) is 0 Å². The second-order valence-electron chi connectivity index (χ2n) is 4.43. The molecule has 9 nitrogen and oxygen atoms in total. The summed E-state index contributed by atoms with van der Waals surface area (Å²) >= 11 is 0. The van der Waals surface area contributed by atoms with Gasteiger partial charge in [0.05, 0.1) is 19.0 Å². The summed E-state index contributed by atoms with van der Waals surface area (Å²) in [6, 6.07) is 0. The van der Waals surface area contributed by atoms with E-state index in [1.54, 1.807) is 4.57 Å². The molecule has 2 aromatic rings. The van der Waals surface area contributed by atoms with Crippen LogP contribution in [-0.2, 0) is 4.74 Å². The van der Waals surface area contributed by atoms with E-state index in [9.17, 15) is 5.11 Å². The Kier molecular flexibility index (Phi) is 2.73. The van der Waals surface area contributed by atoms with Crippen LogP contribution in [0.25, 0.3) is 11.2 Å². The van der Waals surface area contributed by atoms with Gasteiger partial charge in [-0.25, -0.2) is 4.98 Å². The summed E-state index contributed by atoms with van der Waals surface area (Å²) < 4.78 is 7.08. The largest absolute Gasteiger partial charge is 0.394 e. The topological polar surface area (TPSA) is 145 Å². The number of nitrogens with two attached hydrogens (primary N) is 2. The number of hydrogen-bond donors (Lipinski definition) is 4. The van der Waals surface area contributed by atoms with E-state index in [1.165, 1.54) is 6.33 Å². The molecule has 3 heterocycles. The summed E-state index contributed by atoms with van der Waals surface area (Å²) in [5.74, 6) is 0.199. The Bertz CT molecular complexity index is 615. The number of rotatable bonds is 2. The summed E-state index contributed by atoms with van der Waals surface area (Å²) in [6.45, 7) is -0.153. The summed E-state index contributed by atoms with van der Waals surface area (Å²) in [4.78, 5) is 12.0. The van der Waals surface area contributed by atoms with E-state index in [4.69, 9.17) is 21.3 Å². The van der Waals surface area contributed by atoms with Crippen molar-refractivity contribution in [3.8, 4) is 0 Å². The minimum Gasteiger partial charge on any atom is -0.394 e. The number of aliphatic hydroxyl groups excluding tert-OH is 2. The van der Waals surface area contributed by atoms with Crippen molar-refractivity contribution in [3.05, 3.63) is 6.33 Å². The number of nitrogens with zero attached hydrogens (tertiary/aromatic N) is 4. The zero-order valence-corrected chi connectivity index (χ0v) is 9.97. The molecule has 0 aromatic carbocycles. The highest BCUT2D eigenvalue weighted by atomic mass is 16.5. The summed E-state index contributed by atoms with van der Waals surface area (Å²) in [7, 11) is 0. The van der Waals surface area contributed by atoms with E-state index in [1.807, 2.05) is 0 Å². The van der Waals surface area contributed by atoms with Crippen molar-refractivity contribution in [2.75, 3.05) is 18.1 Å². The average Bonchev–Trinajstić information content (AvgIpc) is 2.92. The lowest BCUT2D eigenvalue weighted by atomic mass is 10.2. The predicted octanol–water partition coefficient (Wildman–Crippen LogP) is -1.37. The fraction of sp³-hybridized carbons (Fsp3) is 0.500. The van der Waals surface area contributed by atoms with Gasteiger partial charge in [-0.15, -0.1) is 0 Å². The van der Waals surface area contributed by atoms with E-state index in [0.29, 0.717) is 17.6 Å². The molecule has 3 rings (SSSR count). The molecule has 0 aliphatic carbocycles. The molecule has 1 aliphatic rings. The Balaban J connectivity index is 2.06. The maximum absolute atomic E-state index is 9.97. The Labute approximate surface area is 107 Å². The number of ether oxygens (including phenoxy) is 1. The zero-order chi connectivity index (χ0) is 13.6. The molecule has 19 heavy (non-hydrogen) atoms. The van der Waals surface area contributed by atoms with Gasteiger partial charge in [0.15, 0.2) is 17.7 Å². The van der Waals surface area contributed by atoms with Crippen molar-refractivity contribution in [1.29, 1.82) is 0 Å². The number of imidazole rings is 1. The van der Waals surface area contributed by atoms with Crippen LogP contribution in [0.3, 0.4) is 0 Å². The van der Waals surface area contributed by atoms with Crippen molar-refractivity contribution in [2.24, 2.45) is 0 Å². The Morgan fingerprint density at radius 1 is 1.42 bits per heavy atom. The SMILES string of the molecule is Nc1nc(N)c2ncn([C@@H]3O[C@H](CO)C[C@H]3O)c2n1. The molecule has 0 saturated carbocycles. The third kappa shape index (κ3) is 1.87. The van der Waals surface area contributed by atoms with Crippen LogP contribution in [0.1, 0.15) is 12.6 Å². The maximum Gasteiger partial charge on any atom is 0.224 e. The Hall–Kier alpha value is -1.97. The quantitative estimate of drug-likeness (QED) is 0.521. The number of aliphatic hydroxyl groups is 2. The maximum atomic E-state index is 9.97. The molecule has 0 spiro atoms. The van der Waals surface area contributed by atoms with Crippen LogP contribution < -0.4 is 11.5 Å². The molecule has 1 aliphatic heterocycles. The van der Waals surface area contributed by atoms with Gasteiger partial charge in [0.2, 0.25) is 5.95 Å². The van der Waals surface area contributed by atoms with Crippen LogP contribution in [0.4, 0.5) is 11.8 Å². The summed E-state index contributed by atoms with van der Waals surface area (Å²) in [6.07, 6.45) is -0.0311. The molecule has 6 N–H and O–H groups in total. The van der Waals surface area contributed by atoms with Crippen LogP contribution in [-0.4, -0.2) is 48.5 Å². The minimum absolute atomic E-state index is 0.0259. The molecule has 1 fully saturated rings. The summed E-state index contributed by atoms with van der Waals surface area (Å²) in [5.41, 5.74) is 12.1. The van der Waals surface area contributed by atoms with E-state index >= 15 is 0 Å². The molecule has 0 unspecified atom stereocenters. The van der Waals surface area contributed by atoms with Crippen molar-refractivity contribution < 1.29 is 14.9 Å². The molecule has 1 saturated heterocycles. The van der Waals surface area contributed by atoms with Gasteiger partial charge in [0.1, 0.15) is 11.6 Å². The predicted molar refractivity (Wildman–Crippen MR) is 65.8 cm³/mol. The lowest BCUT2D eigenvalue weighted by molar-refractivity contribution is -0.0486. The molecular weight excluding hydrogens is 252 g/mol. The highest BCUT2D eigenvalue weighted by molar-refractivity contribution is 5.82. The first-order valence-electron chi connectivity index (χ1n) is 5.80. The van der Waals surface area contributed by atoms with Gasteiger partial charge in [0, 0.05) is 6.42 Å². The Morgan fingerprint density at radius 3 is 2.89 bits per heavy atom. The Morgan fingerprint density at radius 2 is 2.21 bits per heavy atom. The number of anilines is 2. The first kappa shape index (κ1) is 12.1. The van der Waals surface area contributed by atoms with E-state index in [0.717, 1.165) is 0 Å². The van der Waals surface area contributed by atoms with Crippen LogP contribution in [0, 0.1) is 0 Å². The lowest BCUT2D eigenvalue weighted by Crippen LogP contribution is -2.19. The van der Waals surface area contributed by atoms with Crippen molar-refractivity contribution in [3.63, 3.8) is 0 Å². The third-order valence-electron chi connectivity index (χ3n) is 3.11. The van der Waals surface area contributed by atoms with Crippen LogP contribution in [0.15, 0.2) is 6.33 Å². The van der Waals surface area contributed by atoms with Gasteiger partial charge in [-0.05, 0) is 0 Å². The zero-order valence-electron chi connectivity index (χ0n) is 9.97.